The van der Waals surface area contributed by atoms with Crippen molar-refractivity contribution in [3.05, 3.63) is 46.7 Å². The Balaban J connectivity index is 1.67. The van der Waals surface area contributed by atoms with Crippen molar-refractivity contribution in [1.29, 1.82) is 0 Å². The topological polar surface area (TPSA) is 47.5 Å². The van der Waals surface area contributed by atoms with Crippen molar-refractivity contribution in [3.63, 3.8) is 0 Å². The highest BCUT2D eigenvalue weighted by Crippen LogP contribution is 2.26. The van der Waals surface area contributed by atoms with Gasteiger partial charge in [0.05, 0.1) is 25.9 Å². The summed E-state index contributed by atoms with van der Waals surface area (Å²) in [4.78, 5) is 11.2. The maximum atomic E-state index is 6.07. The molecule has 1 fully saturated rings. The predicted octanol–water partition coefficient (Wildman–Crippen LogP) is 2.39. The largest absolute Gasteiger partial charge is 0.382 e. The molecule has 0 N–H and O–H groups in total. The number of rotatable bonds is 8. The molecule has 1 saturated heterocycles. The van der Waals surface area contributed by atoms with Gasteiger partial charge in [0.1, 0.15) is 5.01 Å². The average Bonchev–Trinajstić information content (AvgIpc) is 3.21. The lowest BCUT2D eigenvalue weighted by Crippen LogP contribution is -2.38. The minimum Gasteiger partial charge on any atom is -0.382 e. The molecule has 0 saturated carbocycles. The molecule has 0 radical (unpaired) electrons. The zero-order valence-electron chi connectivity index (χ0n) is 13.4. The van der Waals surface area contributed by atoms with Crippen LogP contribution in [0.4, 0.5) is 0 Å². The highest BCUT2D eigenvalue weighted by molar-refractivity contribution is 7.09. The van der Waals surface area contributed by atoms with Crippen LogP contribution in [0.1, 0.15) is 17.0 Å². The van der Waals surface area contributed by atoms with Gasteiger partial charge in [-0.25, -0.2) is 4.98 Å². The molecule has 3 heterocycles. The summed E-state index contributed by atoms with van der Waals surface area (Å²) in [7, 11) is 1.71. The van der Waals surface area contributed by atoms with E-state index in [4.69, 9.17) is 9.47 Å². The zero-order chi connectivity index (χ0) is 15.9. The molecule has 23 heavy (non-hydrogen) atoms. The number of thiazole rings is 1. The maximum Gasteiger partial charge on any atom is 0.107 e. The van der Waals surface area contributed by atoms with Crippen LogP contribution < -0.4 is 0 Å². The summed E-state index contributed by atoms with van der Waals surface area (Å²) in [6.45, 7) is 3.23. The number of pyridine rings is 1. The lowest BCUT2D eigenvalue weighted by Gasteiger charge is -2.27. The van der Waals surface area contributed by atoms with Crippen LogP contribution in [0, 0.1) is 0 Å². The van der Waals surface area contributed by atoms with Crippen LogP contribution in [-0.4, -0.2) is 53.9 Å². The van der Waals surface area contributed by atoms with Crippen LogP contribution in [0.5, 0.6) is 0 Å². The molecular weight excluding hydrogens is 310 g/mol. The predicted molar refractivity (Wildman–Crippen MR) is 90.5 cm³/mol. The average molecular weight is 333 g/mol. The first kappa shape index (κ1) is 16.5. The van der Waals surface area contributed by atoms with E-state index in [1.165, 1.54) is 10.6 Å². The number of ether oxygens (including phenoxy) is 2. The Morgan fingerprint density at radius 3 is 3.04 bits per heavy atom. The quantitative estimate of drug-likeness (QED) is 0.694. The molecular formula is C17H23N3O2S. The van der Waals surface area contributed by atoms with E-state index in [0.717, 1.165) is 25.9 Å². The molecule has 0 bridgehead atoms. The SMILES string of the molecule is COCCO[C@@H]1CCN(Cc2nccs2)[C@H]1Cc1cccnc1. The fraction of sp³-hybridized carbons (Fsp3) is 0.529. The summed E-state index contributed by atoms with van der Waals surface area (Å²) < 4.78 is 11.2. The van der Waals surface area contributed by atoms with Crippen molar-refractivity contribution < 1.29 is 9.47 Å². The number of methoxy groups -OCH3 is 1. The van der Waals surface area contributed by atoms with Crippen LogP contribution >= 0.6 is 11.3 Å². The van der Waals surface area contributed by atoms with E-state index in [9.17, 15) is 0 Å². The number of hydrogen-bond donors (Lipinski definition) is 0. The standard InChI is InChI=1S/C17H23N3O2S/c1-21-8-9-22-16-4-7-20(13-17-19-6-10-23-17)15(16)11-14-3-2-5-18-12-14/h2-3,5-6,10,12,15-16H,4,7-9,11,13H2,1H3/t15-,16+/m0/s1. The summed E-state index contributed by atoms with van der Waals surface area (Å²) in [6.07, 6.45) is 7.89. The van der Waals surface area contributed by atoms with Gasteiger partial charge in [-0.2, -0.15) is 0 Å². The normalized spacial score (nSPS) is 21.8. The monoisotopic (exact) mass is 333 g/mol. The molecule has 0 amide bonds. The molecule has 2 aromatic rings. The minimum atomic E-state index is 0.241. The lowest BCUT2D eigenvalue weighted by molar-refractivity contribution is -0.00132. The fourth-order valence-electron chi connectivity index (χ4n) is 3.09. The van der Waals surface area contributed by atoms with E-state index in [1.54, 1.807) is 18.4 Å². The number of aromatic nitrogens is 2. The number of likely N-dealkylation sites (tertiary alicyclic amines) is 1. The van der Waals surface area contributed by atoms with Crippen molar-refractivity contribution in [1.82, 2.24) is 14.9 Å². The molecule has 0 aliphatic carbocycles. The molecule has 0 spiro atoms. The van der Waals surface area contributed by atoms with E-state index >= 15 is 0 Å². The molecule has 5 nitrogen and oxygen atoms in total. The third kappa shape index (κ3) is 4.57. The van der Waals surface area contributed by atoms with Gasteiger partial charge in [0.15, 0.2) is 0 Å². The third-order valence-electron chi connectivity index (χ3n) is 4.21. The van der Waals surface area contributed by atoms with Gasteiger partial charge in [-0.15, -0.1) is 11.3 Å². The van der Waals surface area contributed by atoms with E-state index in [2.05, 4.69) is 20.9 Å². The first-order chi connectivity index (χ1) is 11.4. The van der Waals surface area contributed by atoms with Crippen molar-refractivity contribution in [2.45, 2.75) is 31.5 Å². The minimum absolute atomic E-state index is 0.241. The van der Waals surface area contributed by atoms with Crippen LogP contribution in [0.3, 0.4) is 0 Å². The van der Waals surface area contributed by atoms with Gasteiger partial charge in [-0.1, -0.05) is 6.07 Å². The first-order valence-corrected chi connectivity index (χ1v) is 8.86. The van der Waals surface area contributed by atoms with Gasteiger partial charge in [0, 0.05) is 43.7 Å². The Morgan fingerprint density at radius 2 is 2.30 bits per heavy atom. The van der Waals surface area contributed by atoms with Crippen molar-refractivity contribution >= 4 is 11.3 Å². The zero-order valence-corrected chi connectivity index (χ0v) is 14.2. The van der Waals surface area contributed by atoms with Crippen LogP contribution in [0.25, 0.3) is 0 Å². The van der Waals surface area contributed by atoms with Crippen molar-refractivity contribution in [2.24, 2.45) is 0 Å². The van der Waals surface area contributed by atoms with E-state index < -0.39 is 0 Å². The molecule has 3 rings (SSSR count). The Bertz CT molecular complexity index is 564. The molecule has 0 unspecified atom stereocenters. The second-order valence-corrected chi connectivity index (χ2v) is 6.70. The van der Waals surface area contributed by atoms with E-state index in [-0.39, 0.29) is 6.10 Å². The summed E-state index contributed by atoms with van der Waals surface area (Å²) in [6, 6.07) is 4.50. The highest BCUT2D eigenvalue weighted by atomic mass is 32.1. The first-order valence-electron chi connectivity index (χ1n) is 7.98. The Morgan fingerprint density at radius 1 is 1.35 bits per heavy atom. The number of hydrogen-bond acceptors (Lipinski definition) is 6. The van der Waals surface area contributed by atoms with Gasteiger partial charge < -0.3 is 9.47 Å². The summed E-state index contributed by atoms with van der Waals surface area (Å²) in [5, 5.41) is 3.20. The second kappa shape index (κ2) is 8.49. The molecule has 1 aliphatic rings. The second-order valence-electron chi connectivity index (χ2n) is 5.72. The van der Waals surface area contributed by atoms with Crippen LogP contribution in [-0.2, 0) is 22.4 Å². The van der Waals surface area contributed by atoms with Crippen LogP contribution in [0.15, 0.2) is 36.1 Å². The summed E-state index contributed by atoms with van der Waals surface area (Å²) >= 11 is 1.71. The Kier molecular flexibility index (Phi) is 6.10. The van der Waals surface area contributed by atoms with Gasteiger partial charge in [0.2, 0.25) is 0 Å². The Hall–Kier alpha value is -1.34. The lowest BCUT2D eigenvalue weighted by atomic mass is 10.0. The molecule has 2 atom stereocenters. The van der Waals surface area contributed by atoms with Gasteiger partial charge in [-0.3, -0.25) is 9.88 Å². The van der Waals surface area contributed by atoms with E-state index in [1.807, 2.05) is 30.0 Å². The Labute approximate surface area is 141 Å². The smallest absolute Gasteiger partial charge is 0.107 e. The summed E-state index contributed by atoms with van der Waals surface area (Å²) in [5.41, 5.74) is 1.25. The molecule has 1 aliphatic heterocycles. The molecule has 0 aromatic carbocycles. The maximum absolute atomic E-state index is 6.07. The summed E-state index contributed by atoms with van der Waals surface area (Å²) in [5.74, 6) is 0. The number of nitrogens with zero attached hydrogens (tertiary/aromatic N) is 3. The fourth-order valence-corrected chi connectivity index (χ4v) is 3.73. The molecule has 124 valence electrons. The van der Waals surface area contributed by atoms with E-state index in [0.29, 0.717) is 19.3 Å². The van der Waals surface area contributed by atoms with Gasteiger partial charge >= 0.3 is 0 Å². The third-order valence-corrected chi connectivity index (χ3v) is 4.97. The van der Waals surface area contributed by atoms with Gasteiger partial charge in [0.25, 0.3) is 0 Å². The highest BCUT2D eigenvalue weighted by Gasteiger charge is 2.35. The van der Waals surface area contributed by atoms with Crippen LogP contribution in [0.2, 0.25) is 0 Å². The van der Waals surface area contributed by atoms with Gasteiger partial charge in [-0.05, 0) is 24.5 Å². The van der Waals surface area contributed by atoms with Crippen molar-refractivity contribution in [3.8, 4) is 0 Å². The molecule has 2 aromatic heterocycles. The molecule has 6 heteroatoms. The van der Waals surface area contributed by atoms with Crippen molar-refractivity contribution in [2.75, 3.05) is 26.9 Å².